The fourth-order valence-corrected chi connectivity index (χ4v) is 3.19. The minimum atomic E-state index is -0.133. The van der Waals surface area contributed by atoms with E-state index < -0.39 is 0 Å². The number of anilines is 2. The lowest BCUT2D eigenvalue weighted by atomic mass is 10.1. The van der Waals surface area contributed by atoms with Crippen molar-refractivity contribution in [2.24, 2.45) is 5.10 Å². The van der Waals surface area contributed by atoms with Gasteiger partial charge >= 0.3 is 0 Å². The Morgan fingerprint density at radius 2 is 1.77 bits per heavy atom. The van der Waals surface area contributed by atoms with Crippen LogP contribution in [0.1, 0.15) is 12.7 Å². The van der Waals surface area contributed by atoms with Crippen LogP contribution in [0.15, 0.2) is 57.6 Å². The predicted octanol–water partition coefficient (Wildman–Crippen LogP) is 2.84. The largest absolute Gasteiger partial charge is 0.441 e. The minimum Gasteiger partial charge on any atom is -0.441 e. The number of carbonyl (C=O) groups is 1. The average Bonchev–Trinajstić information content (AvgIpc) is 3.23. The maximum atomic E-state index is 12.8. The van der Waals surface area contributed by atoms with Crippen molar-refractivity contribution in [3.8, 4) is 0 Å². The van der Waals surface area contributed by atoms with E-state index in [1.54, 1.807) is 6.08 Å². The first-order valence-corrected chi connectivity index (χ1v) is 8.82. The predicted molar refractivity (Wildman–Crippen MR) is 103 cm³/mol. The van der Waals surface area contributed by atoms with Crippen LogP contribution in [0.25, 0.3) is 6.08 Å². The van der Waals surface area contributed by atoms with Gasteiger partial charge in [-0.1, -0.05) is 18.2 Å². The molecule has 1 aromatic carbocycles. The van der Waals surface area contributed by atoms with Crippen molar-refractivity contribution in [1.82, 2.24) is 4.90 Å². The molecule has 0 bridgehead atoms. The number of furan rings is 1. The highest BCUT2D eigenvalue weighted by Crippen LogP contribution is 2.26. The van der Waals surface area contributed by atoms with E-state index in [9.17, 15) is 4.79 Å². The summed E-state index contributed by atoms with van der Waals surface area (Å²) in [6.07, 6.45) is 1.78. The maximum Gasteiger partial charge on any atom is 0.280 e. The molecule has 1 fully saturated rings. The van der Waals surface area contributed by atoms with Crippen LogP contribution in [0.5, 0.6) is 0 Å². The van der Waals surface area contributed by atoms with E-state index in [0.717, 1.165) is 37.8 Å². The highest BCUT2D eigenvalue weighted by Gasteiger charge is 2.29. The maximum absolute atomic E-state index is 12.8. The Labute approximate surface area is 153 Å². The van der Waals surface area contributed by atoms with Gasteiger partial charge in [0.25, 0.3) is 5.91 Å². The van der Waals surface area contributed by atoms with Crippen LogP contribution in [0.3, 0.4) is 0 Å². The quantitative estimate of drug-likeness (QED) is 0.799. The van der Waals surface area contributed by atoms with Crippen molar-refractivity contribution in [3.63, 3.8) is 0 Å². The van der Waals surface area contributed by atoms with E-state index in [-0.39, 0.29) is 5.91 Å². The molecule has 0 saturated carbocycles. The summed E-state index contributed by atoms with van der Waals surface area (Å²) in [4.78, 5) is 17.3. The van der Waals surface area contributed by atoms with E-state index in [0.29, 0.717) is 17.0 Å². The molecule has 1 aromatic heterocycles. The standard InChI is InChI=1S/C20H22N4O2/c1-15-18(20(25)24(21-15)16-6-4-3-5-7-16)14-17-8-9-19(26-17)23-12-10-22(2)11-13-23/h3-9,14H,10-13H2,1-2H3. The van der Waals surface area contributed by atoms with Crippen molar-refractivity contribution in [2.45, 2.75) is 6.92 Å². The van der Waals surface area contributed by atoms with Crippen molar-refractivity contribution in [3.05, 3.63) is 53.8 Å². The monoisotopic (exact) mass is 350 g/mol. The lowest BCUT2D eigenvalue weighted by Crippen LogP contribution is -2.44. The molecule has 2 aromatic rings. The zero-order chi connectivity index (χ0) is 18.1. The van der Waals surface area contributed by atoms with Gasteiger partial charge in [-0.15, -0.1) is 0 Å². The SMILES string of the molecule is CC1=NN(c2ccccc2)C(=O)C1=Cc1ccc(N2CCN(C)CC2)o1. The Kier molecular flexibility index (Phi) is 4.34. The number of likely N-dealkylation sites (N-methyl/N-ethyl adjacent to an activating group) is 1. The second-order valence-corrected chi connectivity index (χ2v) is 6.66. The third-order valence-electron chi connectivity index (χ3n) is 4.78. The van der Waals surface area contributed by atoms with Crippen LogP contribution in [0.4, 0.5) is 11.6 Å². The molecule has 1 saturated heterocycles. The van der Waals surface area contributed by atoms with Gasteiger partial charge in [-0.2, -0.15) is 10.1 Å². The molecule has 1 amide bonds. The molecule has 26 heavy (non-hydrogen) atoms. The summed E-state index contributed by atoms with van der Waals surface area (Å²) < 4.78 is 5.96. The number of piperazine rings is 1. The molecule has 0 N–H and O–H groups in total. The molecule has 3 heterocycles. The number of para-hydroxylation sites is 1. The summed E-state index contributed by atoms with van der Waals surface area (Å²) in [6, 6.07) is 13.3. The van der Waals surface area contributed by atoms with Crippen LogP contribution < -0.4 is 9.91 Å². The summed E-state index contributed by atoms with van der Waals surface area (Å²) in [7, 11) is 2.13. The van der Waals surface area contributed by atoms with Crippen molar-refractivity contribution in [1.29, 1.82) is 0 Å². The molecule has 0 aliphatic carbocycles. The van der Waals surface area contributed by atoms with Crippen molar-refractivity contribution < 1.29 is 9.21 Å². The first-order valence-electron chi connectivity index (χ1n) is 8.82. The van der Waals surface area contributed by atoms with E-state index in [1.807, 2.05) is 49.4 Å². The Balaban J connectivity index is 1.54. The normalized spacial score (nSPS) is 20.2. The number of carbonyl (C=O) groups excluding carboxylic acids is 1. The van der Waals surface area contributed by atoms with E-state index in [1.165, 1.54) is 5.01 Å². The molecule has 0 unspecified atom stereocenters. The third-order valence-corrected chi connectivity index (χ3v) is 4.78. The smallest absolute Gasteiger partial charge is 0.280 e. The van der Waals surface area contributed by atoms with Gasteiger partial charge in [0.15, 0.2) is 5.88 Å². The van der Waals surface area contributed by atoms with Crippen molar-refractivity contribution >= 4 is 29.3 Å². The summed E-state index contributed by atoms with van der Waals surface area (Å²) in [5.41, 5.74) is 2.02. The van der Waals surface area contributed by atoms with Gasteiger partial charge in [0.05, 0.1) is 17.0 Å². The van der Waals surface area contributed by atoms with Gasteiger partial charge in [0, 0.05) is 32.2 Å². The molecule has 6 heteroatoms. The second-order valence-electron chi connectivity index (χ2n) is 6.66. The second kappa shape index (κ2) is 6.80. The molecule has 2 aliphatic heterocycles. The molecule has 4 rings (SSSR count). The van der Waals surface area contributed by atoms with Gasteiger partial charge in [-0.25, -0.2) is 0 Å². The molecule has 134 valence electrons. The number of hydrazone groups is 1. The fourth-order valence-electron chi connectivity index (χ4n) is 3.19. The Morgan fingerprint density at radius 1 is 1.04 bits per heavy atom. The summed E-state index contributed by atoms with van der Waals surface area (Å²) in [5, 5.41) is 5.83. The highest BCUT2D eigenvalue weighted by molar-refractivity contribution is 6.32. The zero-order valence-corrected chi connectivity index (χ0v) is 15.1. The summed E-state index contributed by atoms with van der Waals surface area (Å²) >= 11 is 0. The Hall–Kier alpha value is -2.86. The lowest BCUT2D eigenvalue weighted by molar-refractivity contribution is -0.114. The first-order chi connectivity index (χ1) is 12.6. The van der Waals surface area contributed by atoms with Crippen LogP contribution in [0.2, 0.25) is 0 Å². The van der Waals surface area contributed by atoms with Crippen LogP contribution in [-0.2, 0) is 4.79 Å². The molecule has 0 spiro atoms. The van der Waals surface area contributed by atoms with Crippen LogP contribution in [-0.4, -0.2) is 49.7 Å². The number of nitrogens with zero attached hydrogens (tertiary/aromatic N) is 4. The van der Waals surface area contributed by atoms with Crippen molar-refractivity contribution in [2.75, 3.05) is 43.1 Å². The molecular formula is C20H22N4O2. The third kappa shape index (κ3) is 3.15. The molecule has 0 atom stereocenters. The first kappa shape index (κ1) is 16.6. The van der Waals surface area contributed by atoms with Gasteiger partial charge in [-0.05, 0) is 38.2 Å². The number of rotatable bonds is 3. The fraction of sp³-hybridized carbons (Fsp3) is 0.300. The Morgan fingerprint density at radius 3 is 2.50 bits per heavy atom. The molecular weight excluding hydrogens is 328 g/mol. The van der Waals surface area contributed by atoms with Crippen LogP contribution >= 0.6 is 0 Å². The number of benzene rings is 1. The van der Waals surface area contributed by atoms with Gasteiger partial charge in [0.2, 0.25) is 0 Å². The lowest BCUT2D eigenvalue weighted by Gasteiger charge is -2.32. The zero-order valence-electron chi connectivity index (χ0n) is 15.1. The summed E-state index contributed by atoms with van der Waals surface area (Å²) in [6.45, 7) is 5.78. The molecule has 0 radical (unpaired) electrons. The van der Waals surface area contributed by atoms with Gasteiger partial charge in [0.1, 0.15) is 5.76 Å². The summed E-state index contributed by atoms with van der Waals surface area (Å²) in [5.74, 6) is 1.39. The average molecular weight is 350 g/mol. The van der Waals surface area contributed by atoms with Gasteiger partial charge in [-0.3, -0.25) is 4.79 Å². The van der Waals surface area contributed by atoms with Gasteiger partial charge < -0.3 is 14.2 Å². The van der Waals surface area contributed by atoms with Crippen LogP contribution in [0, 0.1) is 0 Å². The Bertz CT molecular complexity index is 861. The topological polar surface area (TPSA) is 52.3 Å². The number of hydrogen-bond donors (Lipinski definition) is 0. The van der Waals surface area contributed by atoms with E-state index in [2.05, 4.69) is 21.9 Å². The number of amides is 1. The minimum absolute atomic E-state index is 0.133. The number of hydrogen-bond acceptors (Lipinski definition) is 5. The van der Waals surface area contributed by atoms with E-state index >= 15 is 0 Å². The van der Waals surface area contributed by atoms with E-state index in [4.69, 9.17) is 4.42 Å². The highest BCUT2D eigenvalue weighted by atomic mass is 16.4. The molecule has 6 nitrogen and oxygen atoms in total. The molecule has 2 aliphatic rings.